The van der Waals surface area contributed by atoms with Crippen LogP contribution in [0.1, 0.15) is 12.5 Å². The number of aliphatic hydroxyl groups excluding tert-OH is 1. The van der Waals surface area contributed by atoms with Crippen molar-refractivity contribution in [3.63, 3.8) is 0 Å². The Hall–Kier alpha value is -1.22. The molecule has 1 aromatic rings. The van der Waals surface area contributed by atoms with Crippen LogP contribution >= 0.6 is 23.4 Å². The average Bonchev–Trinajstić information content (AvgIpc) is 2.36. The van der Waals surface area contributed by atoms with Gasteiger partial charge in [0.05, 0.1) is 22.9 Å². The number of amides is 1. The van der Waals surface area contributed by atoms with E-state index in [1.807, 2.05) is 13.0 Å². The van der Waals surface area contributed by atoms with Gasteiger partial charge in [0.25, 0.3) is 0 Å². The molecule has 1 rings (SSSR count). The molecule has 1 atom stereocenters. The Labute approximate surface area is 115 Å². The smallest absolute Gasteiger partial charge is 0.234 e. The maximum Gasteiger partial charge on any atom is 0.234 e. The highest BCUT2D eigenvalue weighted by Gasteiger charge is 2.08. The highest BCUT2D eigenvalue weighted by Crippen LogP contribution is 2.20. The van der Waals surface area contributed by atoms with Crippen molar-refractivity contribution in [1.82, 2.24) is 0 Å². The van der Waals surface area contributed by atoms with Crippen molar-refractivity contribution >= 4 is 35.0 Å². The first-order chi connectivity index (χ1) is 8.56. The zero-order chi connectivity index (χ0) is 13.5. The van der Waals surface area contributed by atoms with Gasteiger partial charge < -0.3 is 10.4 Å². The molecule has 0 saturated carbocycles. The number of aliphatic hydroxyl groups is 1. The van der Waals surface area contributed by atoms with Gasteiger partial charge in [-0.25, -0.2) is 0 Å². The monoisotopic (exact) mass is 284 g/mol. The summed E-state index contributed by atoms with van der Waals surface area (Å²) in [6, 6.07) is 6.67. The number of carbonyl (C=O) groups is 1. The molecule has 0 spiro atoms. The van der Waals surface area contributed by atoms with Gasteiger partial charge >= 0.3 is 0 Å². The molecule has 1 aromatic carbocycles. The van der Waals surface area contributed by atoms with Crippen LogP contribution in [0.5, 0.6) is 0 Å². The van der Waals surface area contributed by atoms with Crippen molar-refractivity contribution in [3.05, 3.63) is 28.8 Å². The van der Waals surface area contributed by atoms with Crippen LogP contribution in [0.15, 0.2) is 18.2 Å². The molecule has 4 nitrogen and oxygen atoms in total. The molecule has 0 bridgehead atoms. The Morgan fingerprint density at radius 3 is 2.94 bits per heavy atom. The van der Waals surface area contributed by atoms with Crippen molar-refractivity contribution < 1.29 is 9.90 Å². The Morgan fingerprint density at radius 1 is 1.67 bits per heavy atom. The number of nitrogens with one attached hydrogen (secondary N) is 1. The number of benzene rings is 1. The van der Waals surface area contributed by atoms with Crippen molar-refractivity contribution in [3.8, 4) is 6.07 Å². The second-order valence-electron chi connectivity index (χ2n) is 3.66. The molecule has 0 aliphatic heterocycles. The zero-order valence-electron chi connectivity index (χ0n) is 9.81. The van der Waals surface area contributed by atoms with Gasteiger partial charge in [-0.2, -0.15) is 5.26 Å². The van der Waals surface area contributed by atoms with E-state index in [-0.39, 0.29) is 23.5 Å². The predicted molar refractivity (Wildman–Crippen MR) is 73.8 cm³/mol. The highest BCUT2D eigenvalue weighted by atomic mass is 35.5. The molecule has 0 aliphatic rings. The van der Waals surface area contributed by atoms with Crippen LogP contribution in [0.3, 0.4) is 0 Å². The van der Waals surface area contributed by atoms with E-state index < -0.39 is 0 Å². The van der Waals surface area contributed by atoms with Crippen molar-refractivity contribution in [2.75, 3.05) is 17.7 Å². The molecule has 18 heavy (non-hydrogen) atoms. The van der Waals surface area contributed by atoms with Gasteiger partial charge in [0.2, 0.25) is 5.91 Å². The standard InChI is InChI=1S/C12H13ClN2O2S/c1-8(6-16)18-7-12(17)15-10-3-2-9(5-14)11(13)4-10/h2-4,8,16H,6-7H2,1H3,(H,15,17). The molecule has 0 radical (unpaired) electrons. The quantitative estimate of drug-likeness (QED) is 0.870. The lowest BCUT2D eigenvalue weighted by atomic mass is 10.2. The lowest BCUT2D eigenvalue weighted by Crippen LogP contribution is -2.16. The minimum atomic E-state index is -0.166. The van der Waals surface area contributed by atoms with Crippen LogP contribution in [0.2, 0.25) is 5.02 Å². The van der Waals surface area contributed by atoms with Crippen LogP contribution in [0.4, 0.5) is 5.69 Å². The van der Waals surface area contributed by atoms with Crippen LogP contribution in [0, 0.1) is 11.3 Å². The molecule has 0 fully saturated rings. The van der Waals surface area contributed by atoms with E-state index in [9.17, 15) is 4.79 Å². The molecule has 1 unspecified atom stereocenters. The summed E-state index contributed by atoms with van der Waals surface area (Å²) in [4.78, 5) is 11.6. The van der Waals surface area contributed by atoms with Crippen LogP contribution < -0.4 is 5.32 Å². The van der Waals surface area contributed by atoms with Gasteiger partial charge in [-0.3, -0.25) is 4.79 Å². The van der Waals surface area contributed by atoms with Crippen LogP contribution in [-0.2, 0) is 4.79 Å². The number of thioether (sulfide) groups is 1. The summed E-state index contributed by atoms with van der Waals surface area (Å²) in [6.45, 7) is 1.89. The first-order valence-corrected chi connectivity index (χ1v) is 6.71. The summed E-state index contributed by atoms with van der Waals surface area (Å²) < 4.78 is 0. The third kappa shape index (κ3) is 4.57. The number of halogens is 1. The first-order valence-electron chi connectivity index (χ1n) is 5.28. The number of rotatable bonds is 5. The minimum absolute atomic E-state index is 0.0281. The first kappa shape index (κ1) is 14.8. The molecule has 6 heteroatoms. The normalized spacial score (nSPS) is 11.7. The topological polar surface area (TPSA) is 73.1 Å². The zero-order valence-corrected chi connectivity index (χ0v) is 11.4. The second-order valence-corrected chi connectivity index (χ2v) is 5.49. The van der Waals surface area contributed by atoms with E-state index in [0.29, 0.717) is 16.3 Å². The fourth-order valence-corrected chi connectivity index (χ4v) is 1.99. The summed E-state index contributed by atoms with van der Waals surface area (Å²) in [6.07, 6.45) is 0. The number of hydrogen-bond donors (Lipinski definition) is 2. The van der Waals surface area contributed by atoms with Crippen LogP contribution in [0.25, 0.3) is 0 Å². The molecule has 0 aliphatic carbocycles. The van der Waals surface area contributed by atoms with Gasteiger partial charge in [-0.1, -0.05) is 18.5 Å². The van der Waals surface area contributed by atoms with E-state index in [1.165, 1.54) is 17.8 Å². The van der Waals surface area contributed by atoms with Gasteiger partial charge in [-0.15, -0.1) is 11.8 Å². The Bertz CT molecular complexity index is 474. The molecule has 1 amide bonds. The number of nitrogens with zero attached hydrogens (tertiary/aromatic N) is 1. The van der Waals surface area contributed by atoms with E-state index in [0.717, 1.165) is 0 Å². The largest absolute Gasteiger partial charge is 0.395 e. The maximum atomic E-state index is 11.6. The predicted octanol–water partition coefficient (Wildman–Crippen LogP) is 2.26. The fraction of sp³-hybridized carbons (Fsp3) is 0.333. The molecular formula is C12H13ClN2O2S. The molecule has 0 aromatic heterocycles. The van der Waals surface area contributed by atoms with E-state index >= 15 is 0 Å². The Balaban J connectivity index is 2.55. The van der Waals surface area contributed by atoms with Gasteiger partial charge in [0.1, 0.15) is 6.07 Å². The lowest BCUT2D eigenvalue weighted by molar-refractivity contribution is -0.113. The lowest BCUT2D eigenvalue weighted by Gasteiger charge is -2.08. The van der Waals surface area contributed by atoms with Crippen LogP contribution in [-0.4, -0.2) is 28.6 Å². The highest BCUT2D eigenvalue weighted by molar-refractivity contribution is 8.00. The molecule has 96 valence electrons. The SMILES string of the molecule is CC(CO)SCC(=O)Nc1ccc(C#N)c(Cl)c1. The van der Waals surface area contributed by atoms with Crippen molar-refractivity contribution in [1.29, 1.82) is 5.26 Å². The summed E-state index contributed by atoms with van der Waals surface area (Å²) in [5.74, 6) is 0.0976. The van der Waals surface area contributed by atoms with E-state index in [4.69, 9.17) is 22.0 Å². The Kier molecular flexibility index (Phi) is 5.99. The molecular weight excluding hydrogens is 272 g/mol. The third-order valence-electron chi connectivity index (χ3n) is 2.13. The number of anilines is 1. The molecule has 0 heterocycles. The van der Waals surface area contributed by atoms with E-state index in [1.54, 1.807) is 12.1 Å². The summed E-state index contributed by atoms with van der Waals surface area (Å²) in [5.41, 5.74) is 0.930. The summed E-state index contributed by atoms with van der Waals surface area (Å²) >= 11 is 7.22. The van der Waals surface area contributed by atoms with Crippen molar-refractivity contribution in [2.24, 2.45) is 0 Å². The minimum Gasteiger partial charge on any atom is -0.395 e. The third-order valence-corrected chi connectivity index (χ3v) is 3.59. The van der Waals surface area contributed by atoms with Gasteiger partial charge in [0.15, 0.2) is 0 Å². The average molecular weight is 285 g/mol. The summed E-state index contributed by atoms with van der Waals surface area (Å²) in [7, 11) is 0. The van der Waals surface area contributed by atoms with Crippen molar-refractivity contribution in [2.45, 2.75) is 12.2 Å². The fourth-order valence-electron chi connectivity index (χ4n) is 1.15. The molecule has 0 saturated heterocycles. The summed E-state index contributed by atoms with van der Waals surface area (Å²) in [5, 5.41) is 20.6. The maximum absolute atomic E-state index is 11.6. The van der Waals surface area contributed by atoms with E-state index in [2.05, 4.69) is 5.32 Å². The number of hydrogen-bond acceptors (Lipinski definition) is 4. The van der Waals surface area contributed by atoms with Gasteiger partial charge in [0, 0.05) is 10.9 Å². The molecule has 2 N–H and O–H groups in total. The number of carbonyl (C=O) groups excluding carboxylic acids is 1. The number of nitriles is 1. The van der Waals surface area contributed by atoms with Gasteiger partial charge in [-0.05, 0) is 18.2 Å². The Morgan fingerprint density at radius 2 is 2.39 bits per heavy atom. The second kappa shape index (κ2) is 7.27.